The quantitative estimate of drug-likeness (QED) is 0.650. The summed E-state index contributed by atoms with van der Waals surface area (Å²) < 4.78 is 5.03. The van der Waals surface area contributed by atoms with E-state index >= 15 is 0 Å². The largest absolute Gasteiger partial charge is 0.461 e. The molecule has 0 aliphatic heterocycles. The standard InChI is InChI=1S/C22H29N3O3S/c1-4-28-21(26)19-14-29-20(23-19)13-25(17-10-6-5-7-11-17)22(27)24-18-12-8-9-15(2)16(18)3/h8-9,12,14,17H,4-7,10-11,13H2,1-3H3,(H,24,27). The van der Waals surface area contributed by atoms with Gasteiger partial charge in [0.1, 0.15) is 5.01 Å². The van der Waals surface area contributed by atoms with Gasteiger partial charge in [0.05, 0.1) is 13.2 Å². The molecule has 0 bridgehead atoms. The lowest BCUT2D eigenvalue weighted by atomic mass is 9.94. The molecule has 2 aromatic rings. The Morgan fingerprint density at radius 3 is 2.72 bits per heavy atom. The van der Waals surface area contributed by atoms with Gasteiger partial charge in [-0.15, -0.1) is 11.3 Å². The summed E-state index contributed by atoms with van der Waals surface area (Å²) in [6.07, 6.45) is 5.47. The van der Waals surface area contributed by atoms with Crippen LogP contribution in [0.5, 0.6) is 0 Å². The van der Waals surface area contributed by atoms with E-state index in [0.29, 0.717) is 18.8 Å². The van der Waals surface area contributed by atoms with Gasteiger partial charge in [-0.05, 0) is 50.8 Å². The molecule has 1 saturated carbocycles. The topological polar surface area (TPSA) is 71.5 Å². The van der Waals surface area contributed by atoms with Crippen molar-refractivity contribution in [1.29, 1.82) is 0 Å². The van der Waals surface area contributed by atoms with Crippen LogP contribution in [-0.2, 0) is 11.3 Å². The van der Waals surface area contributed by atoms with E-state index in [2.05, 4.69) is 10.3 Å². The lowest BCUT2D eigenvalue weighted by Crippen LogP contribution is -2.43. The van der Waals surface area contributed by atoms with Crippen molar-refractivity contribution in [3.8, 4) is 0 Å². The number of nitrogens with zero attached hydrogens (tertiary/aromatic N) is 2. The van der Waals surface area contributed by atoms with E-state index in [1.165, 1.54) is 17.8 Å². The average Bonchev–Trinajstić information content (AvgIpc) is 3.19. The zero-order valence-electron chi connectivity index (χ0n) is 17.4. The number of hydrogen-bond acceptors (Lipinski definition) is 5. The first-order valence-electron chi connectivity index (χ1n) is 10.2. The summed E-state index contributed by atoms with van der Waals surface area (Å²) in [5.74, 6) is -0.418. The Labute approximate surface area is 176 Å². The van der Waals surface area contributed by atoms with Crippen LogP contribution in [0.1, 0.15) is 65.7 Å². The van der Waals surface area contributed by atoms with E-state index in [4.69, 9.17) is 4.74 Å². The normalized spacial score (nSPS) is 14.4. The number of urea groups is 1. The van der Waals surface area contributed by atoms with Gasteiger partial charge in [-0.2, -0.15) is 0 Å². The maximum Gasteiger partial charge on any atom is 0.357 e. The minimum atomic E-state index is -0.418. The summed E-state index contributed by atoms with van der Waals surface area (Å²) >= 11 is 1.39. The van der Waals surface area contributed by atoms with E-state index < -0.39 is 5.97 Å². The number of rotatable bonds is 6. The molecular formula is C22H29N3O3S. The number of ether oxygens (including phenoxy) is 1. The second kappa shape index (κ2) is 9.87. The second-order valence-corrected chi connectivity index (χ2v) is 8.39. The van der Waals surface area contributed by atoms with Gasteiger partial charge in [0, 0.05) is 17.1 Å². The van der Waals surface area contributed by atoms with Crippen LogP contribution in [0.3, 0.4) is 0 Å². The van der Waals surface area contributed by atoms with Crippen LogP contribution < -0.4 is 5.32 Å². The van der Waals surface area contributed by atoms with E-state index in [1.807, 2.05) is 36.9 Å². The molecule has 7 heteroatoms. The number of carbonyl (C=O) groups excluding carboxylic acids is 2. The van der Waals surface area contributed by atoms with Crippen LogP contribution in [0.15, 0.2) is 23.6 Å². The molecule has 29 heavy (non-hydrogen) atoms. The maximum atomic E-state index is 13.2. The van der Waals surface area contributed by atoms with Gasteiger partial charge in [-0.25, -0.2) is 14.6 Å². The molecule has 6 nitrogen and oxygen atoms in total. The number of nitrogens with one attached hydrogen (secondary N) is 1. The molecular weight excluding hydrogens is 386 g/mol. The summed E-state index contributed by atoms with van der Waals surface area (Å²) in [4.78, 5) is 31.4. The SMILES string of the molecule is CCOC(=O)c1csc(CN(C(=O)Nc2cccc(C)c2C)C2CCCCC2)n1. The molecule has 0 spiro atoms. The molecule has 1 aromatic carbocycles. The van der Waals surface area contributed by atoms with Crippen LogP contribution in [0.2, 0.25) is 0 Å². The highest BCUT2D eigenvalue weighted by molar-refractivity contribution is 7.09. The lowest BCUT2D eigenvalue weighted by molar-refractivity contribution is 0.0520. The summed E-state index contributed by atoms with van der Waals surface area (Å²) in [5.41, 5.74) is 3.36. The van der Waals surface area contributed by atoms with E-state index in [0.717, 1.165) is 47.5 Å². The highest BCUT2D eigenvalue weighted by Gasteiger charge is 2.27. The van der Waals surface area contributed by atoms with Gasteiger partial charge in [-0.1, -0.05) is 31.4 Å². The third-order valence-electron chi connectivity index (χ3n) is 5.46. The molecule has 0 atom stereocenters. The second-order valence-electron chi connectivity index (χ2n) is 7.44. The van der Waals surface area contributed by atoms with Crippen LogP contribution >= 0.6 is 11.3 Å². The van der Waals surface area contributed by atoms with E-state index in [9.17, 15) is 9.59 Å². The first-order valence-corrected chi connectivity index (χ1v) is 11.1. The number of hydrogen-bond donors (Lipinski definition) is 1. The molecule has 0 saturated heterocycles. The number of carbonyl (C=O) groups is 2. The minimum Gasteiger partial charge on any atom is -0.461 e. The summed E-state index contributed by atoms with van der Waals surface area (Å²) in [7, 11) is 0. The molecule has 0 unspecified atom stereocenters. The summed E-state index contributed by atoms with van der Waals surface area (Å²) in [6.45, 7) is 6.54. The van der Waals surface area contributed by atoms with Crippen LogP contribution in [-0.4, -0.2) is 34.5 Å². The van der Waals surface area contributed by atoms with Gasteiger partial charge in [0.15, 0.2) is 5.69 Å². The third-order valence-corrected chi connectivity index (χ3v) is 6.30. The average molecular weight is 416 g/mol. The van der Waals surface area contributed by atoms with Crippen molar-refractivity contribution in [3.05, 3.63) is 45.4 Å². The number of aryl methyl sites for hydroxylation is 1. The minimum absolute atomic E-state index is 0.113. The van der Waals surface area contributed by atoms with Gasteiger partial charge in [-0.3, -0.25) is 0 Å². The van der Waals surface area contributed by atoms with E-state index in [1.54, 1.807) is 12.3 Å². The van der Waals surface area contributed by atoms with Crippen molar-refractivity contribution in [3.63, 3.8) is 0 Å². The van der Waals surface area contributed by atoms with Crippen molar-refractivity contribution in [2.45, 2.75) is 65.5 Å². The lowest BCUT2D eigenvalue weighted by Gasteiger charge is -2.34. The number of aromatic nitrogens is 1. The molecule has 156 valence electrons. The van der Waals surface area contributed by atoms with Crippen LogP contribution in [0, 0.1) is 13.8 Å². The zero-order valence-corrected chi connectivity index (χ0v) is 18.2. The number of anilines is 1. The Morgan fingerprint density at radius 2 is 2.00 bits per heavy atom. The highest BCUT2D eigenvalue weighted by Crippen LogP contribution is 2.27. The third kappa shape index (κ3) is 5.35. The highest BCUT2D eigenvalue weighted by atomic mass is 32.1. The maximum absolute atomic E-state index is 13.2. The molecule has 1 aliphatic rings. The van der Waals surface area contributed by atoms with Crippen molar-refractivity contribution in [1.82, 2.24) is 9.88 Å². The van der Waals surface area contributed by atoms with E-state index in [-0.39, 0.29) is 12.1 Å². The first-order chi connectivity index (χ1) is 14.0. The zero-order chi connectivity index (χ0) is 20.8. The van der Waals surface area contributed by atoms with Crippen molar-refractivity contribution in [2.24, 2.45) is 0 Å². The molecule has 1 heterocycles. The summed E-state index contributed by atoms with van der Waals surface area (Å²) in [5, 5.41) is 5.54. The fourth-order valence-electron chi connectivity index (χ4n) is 3.66. The molecule has 3 rings (SSSR count). The number of thiazole rings is 1. The molecule has 1 aliphatic carbocycles. The Balaban J connectivity index is 1.78. The number of esters is 1. The molecule has 1 aromatic heterocycles. The Kier molecular flexibility index (Phi) is 7.25. The van der Waals surface area contributed by atoms with Crippen molar-refractivity contribution < 1.29 is 14.3 Å². The van der Waals surface area contributed by atoms with Gasteiger partial charge < -0.3 is 15.0 Å². The number of amides is 2. The first kappa shape index (κ1) is 21.3. The van der Waals surface area contributed by atoms with Gasteiger partial charge in [0.25, 0.3) is 0 Å². The Hall–Kier alpha value is -2.41. The Bertz CT molecular complexity index is 859. The fourth-order valence-corrected chi connectivity index (χ4v) is 4.42. The fraction of sp³-hybridized carbons (Fsp3) is 0.500. The van der Waals surface area contributed by atoms with Crippen molar-refractivity contribution in [2.75, 3.05) is 11.9 Å². The number of benzene rings is 1. The monoisotopic (exact) mass is 415 g/mol. The molecule has 2 amide bonds. The van der Waals surface area contributed by atoms with Gasteiger partial charge in [0.2, 0.25) is 0 Å². The predicted molar refractivity (Wildman–Crippen MR) is 115 cm³/mol. The van der Waals surface area contributed by atoms with Crippen LogP contribution in [0.25, 0.3) is 0 Å². The predicted octanol–water partition coefficient (Wildman–Crippen LogP) is 5.30. The smallest absolute Gasteiger partial charge is 0.357 e. The molecule has 1 fully saturated rings. The van der Waals surface area contributed by atoms with Gasteiger partial charge >= 0.3 is 12.0 Å². The summed E-state index contributed by atoms with van der Waals surface area (Å²) in [6, 6.07) is 6.00. The molecule has 1 N–H and O–H groups in total. The molecule has 0 radical (unpaired) electrons. The van der Waals surface area contributed by atoms with Crippen LogP contribution in [0.4, 0.5) is 10.5 Å². The van der Waals surface area contributed by atoms with Crippen molar-refractivity contribution >= 4 is 29.0 Å². The Morgan fingerprint density at radius 1 is 1.24 bits per heavy atom.